The first-order chi connectivity index (χ1) is 18.6. The molecule has 39 heavy (non-hydrogen) atoms. The van der Waals surface area contributed by atoms with Crippen LogP contribution in [0.2, 0.25) is 10.0 Å². The van der Waals surface area contributed by atoms with E-state index in [2.05, 4.69) is 15.5 Å². The fraction of sp³-hybridized carbons (Fsp3) is 0.222. The van der Waals surface area contributed by atoms with Gasteiger partial charge in [-0.1, -0.05) is 52.6 Å². The number of benzene rings is 3. The highest BCUT2D eigenvalue weighted by atomic mass is 35.5. The second kappa shape index (κ2) is 10.8. The third kappa shape index (κ3) is 5.60. The molecule has 1 fully saturated rings. The number of hydrogen-bond acceptors (Lipinski definition) is 5. The summed E-state index contributed by atoms with van der Waals surface area (Å²) >= 11 is 11.3. The Morgan fingerprint density at radius 2 is 1.79 bits per heavy atom. The molecular weight excluding hydrogens is 571 g/mol. The number of carbonyl (C=O) groups excluding carboxylic acids is 1. The molecule has 5 rings (SSSR count). The molecule has 2 unspecified atom stereocenters. The first-order valence-electron chi connectivity index (χ1n) is 11.8. The van der Waals surface area contributed by atoms with E-state index in [1.54, 1.807) is 43.3 Å². The van der Waals surface area contributed by atoms with Crippen molar-refractivity contribution >= 4 is 45.9 Å². The van der Waals surface area contributed by atoms with Gasteiger partial charge < -0.3 is 14.4 Å². The van der Waals surface area contributed by atoms with E-state index in [0.717, 1.165) is 17.7 Å². The quantitative estimate of drug-likeness (QED) is 0.217. The lowest BCUT2D eigenvalue weighted by Crippen LogP contribution is -2.16. The second-order valence-electron chi connectivity index (χ2n) is 9.33. The van der Waals surface area contributed by atoms with Crippen LogP contribution in [0.15, 0.2) is 59.1 Å². The van der Waals surface area contributed by atoms with E-state index in [0.29, 0.717) is 39.7 Å². The van der Waals surface area contributed by atoms with Crippen LogP contribution in [0.5, 0.6) is 0 Å². The normalized spacial score (nSPS) is 15.5. The third-order valence-corrected chi connectivity index (χ3v) is 8.15. The Labute approximate surface area is 234 Å². The Hall–Kier alpha value is -3.18. The zero-order valence-electron chi connectivity index (χ0n) is 20.4. The predicted octanol–water partition coefficient (Wildman–Crippen LogP) is 6.87. The van der Waals surface area contributed by atoms with Crippen LogP contribution in [-0.4, -0.2) is 24.8 Å². The maximum Gasteiger partial charge on any atom is 0.237 e. The molecule has 1 aliphatic rings. The minimum atomic E-state index is -1.98. The lowest BCUT2D eigenvalue weighted by Gasteiger charge is -2.17. The van der Waals surface area contributed by atoms with Gasteiger partial charge in [0, 0.05) is 27.4 Å². The Bertz CT molecular complexity index is 1570. The third-order valence-electron chi connectivity index (χ3n) is 6.68. The van der Waals surface area contributed by atoms with Gasteiger partial charge in [-0.15, -0.1) is 0 Å². The highest BCUT2D eigenvalue weighted by Gasteiger charge is 2.53. The minimum absolute atomic E-state index is 0.00460. The maximum atomic E-state index is 14.2. The molecule has 0 aliphatic heterocycles. The summed E-state index contributed by atoms with van der Waals surface area (Å²) < 4.78 is 53.5. The highest BCUT2D eigenvalue weighted by Crippen LogP contribution is 2.57. The van der Waals surface area contributed by atoms with Crippen LogP contribution in [-0.2, 0) is 27.7 Å². The lowest BCUT2D eigenvalue weighted by molar-refractivity contribution is -0.115. The van der Waals surface area contributed by atoms with Gasteiger partial charge in [0.05, 0.1) is 22.6 Å². The van der Waals surface area contributed by atoms with E-state index in [4.69, 9.17) is 27.7 Å². The average Bonchev–Trinajstić information content (AvgIpc) is 3.50. The Morgan fingerprint density at radius 1 is 1.13 bits per heavy atom. The first-order valence-corrected chi connectivity index (χ1v) is 13.8. The van der Waals surface area contributed by atoms with Gasteiger partial charge in [-0.3, -0.25) is 4.79 Å². The van der Waals surface area contributed by atoms with Gasteiger partial charge in [-0.25, -0.2) is 13.0 Å². The Kier molecular flexibility index (Phi) is 7.56. The van der Waals surface area contributed by atoms with Gasteiger partial charge in [-0.05, 0) is 55.2 Å². The van der Waals surface area contributed by atoms with Crippen molar-refractivity contribution in [2.75, 3.05) is 5.32 Å². The van der Waals surface area contributed by atoms with Crippen LogP contribution in [0.1, 0.15) is 47.6 Å². The van der Waals surface area contributed by atoms with Crippen LogP contribution < -0.4 is 5.32 Å². The predicted molar refractivity (Wildman–Crippen MR) is 144 cm³/mol. The van der Waals surface area contributed by atoms with Crippen LogP contribution in [0.4, 0.5) is 14.5 Å². The fourth-order valence-electron chi connectivity index (χ4n) is 4.41. The second-order valence-corrected chi connectivity index (χ2v) is 11.4. The first kappa shape index (κ1) is 27.4. The molecule has 1 aromatic heterocycles. The molecule has 3 aromatic carbocycles. The smallest absolute Gasteiger partial charge is 0.237 e. The molecule has 12 heteroatoms. The van der Waals surface area contributed by atoms with Gasteiger partial charge in [0.15, 0.2) is 11.1 Å². The van der Waals surface area contributed by atoms with Gasteiger partial charge in [0.25, 0.3) is 0 Å². The summed E-state index contributed by atoms with van der Waals surface area (Å²) in [6.07, 6.45) is 1.30. The minimum Gasteiger partial charge on any atom is -0.338 e. The van der Waals surface area contributed by atoms with Crippen molar-refractivity contribution in [2.24, 2.45) is 0 Å². The summed E-state index contributed by atoms with van der Waals surface area (Å²) in [5.41, 5.74) is 1.63. The molecule has 0 saturated heterocycles. The number of hydrogen-bond donors (Lipinski definition) is 2. The van der Waals surface area contributed by atoms with E-state index >= 15 is 0 Å². The molecule has 1 heterocycles. The molecule has 1 aliphatic carbocycles. The van der Waals surface area contributed by atoms with Crippen molar-refractivity contribution in [3.05, 3.63) is 98.9 Å². The van der Waals surface area contributed by atoms with Crippen LogP contribution in [0.25, 0.3) is 11.4 Å². The van der Waals surface area contributed by atoms with Crippen LogP contribution in [0.3, 0.4) is 0 Å². The standard InChI is InChI=1S/C27H21Cl2F2N3O4S/c1-14(39(36)37)16-4-2-15(3-5-16)10-23(35)32-18-12-20(28)24(21(29)13-18)27(8-9-27)26-33-25(34-38-26)19-7-6-17(30)11-22(19)31/h2-7,11-14H,8-10H2,1H3,(H,32,35)(H,36,37). The van der Waals surface area contributed by atoms with Crippen molar-refractivity contribution in [3.8, 4) is 11.4 Å². The summed E-state index contributed by atoms with van der Waals surface area (Å²) in [5, 5.41) is 6.70. The maximum absolute atomic E-state index is 14.2. The largest absolute Gasteiger partial charge is 0.338 e. The van der Waals surface area contributed by atoms with E-state index < -0.39 is 33.4 Å². The summed E-state index contributed by atoms with van der Waals surface area (Å²) in [5.74, 6) is -1.63. The topological polar surface area (TPSA) is 105 Å². The van der Waals surface area contributed by atoms with Gasteiger partial charge in [0.1, 0.15) is 11.6 Å². The van der Waals surface area contributed by atoms with Crippen molar-refractivity contribution in [2.45, 2.75) is 36.9 Å². The summed E-state index contributed by atoms with van der Waals surface area (Å²) in [4.78, 5) is 17.0. The van der Waals surface area contributed by atoms with Gasteiger partial charge >= 0.3 is 0 Å². The number of aromatic nitrogens is 2. The average molecular weight is 592 g/mol. The molecule has 1 saturated carbocycles. The number of nitrogens with zero attached hydrogens (tertiary/aromatic N) is 2. The Morgan fingerprint density at radius 3 is 2.38 bits per heavy atom. The molecule has 2 N–H and O–H groups in total. The van der Waals surface area contributed by atoms with Crippen molar-refractivity contribution in [3.63, 3.8) is 0 Å². The molecule has 4 aromatic rings. The molecule has 0 bridgehead atoms. The number of carbonyl (C=O) groups is 1. The Balaban J connectivity index is 1.32. The molecule has 1 amide bonds. The number of nitrogens with one attached hydrogen (secondary N) is 1. The van der Waals surface area contributed by atoms with Crippen LogP contribution >= 0.6 is 23.2 Å². The molecule has 0 radical (unpaired) electrons. The number of amides is 1. The van der Waals surface area contributed by atoms with E-state index in [9.17, 15) is 22.3 Å². The summed E-state index contributed by atoms with van der Waals surface area (Å²) in [7, 11) is 0. The number of rotatable bonds is 8. The SMILES string of the molecule is CC(c1ccc(CC(=O)Nc2cc(Cl)c(C3(c4nc(-c5ccc(F)cc5F)no4)CC3)c(Cl)c2)cc1)S(=O)O. The van der Waals surface area contributed by atoms with Crippen LogP contribution in [0, 0.1) is 11.6 Å². The van der Waals surface area contributed by atoms with Crippen molar-refractivity contribution in [1.29, 1.82) is 0 Å². The summed E-state index contributed by atoms with van der Waals surface area (Å²) in [6, 6.07) is 13.1. The number of anilines is 1. The zero-order valence-corrected chi connectivity index (χ0v) is 22.7. The molecule has 0 spiro atoms. The van der Waals surface area contributed by atoms with E-state index in [1.165, 1.54) is 6.07 Å². The van der Waals surface area contributed by atoms with Gasteiger partial charge in [-0.2, -0.15) is 4.98 Å². The van der Waals surface area contributed by atoms with Crippen molar-refractivity contribution in [1.82, 2.24) is 10.1 Å². The summed E-state index contributed by atoms with van der Waals surface area (Å²) in [6.45, 7) is 1.64. The molecule has 7 nitrogen and oxygen atoms in total. The lowest BCUT2D eigenvalue weighted by atomic mass is 9.95. The molecule has 2 atom stereocenters. The number of halogens is 4. The van der Waals surface area contributed by atoms with Crippen molar-refractivity contribution < 1.29 is 26.9 Å². The van der Waals surface area contributed by atoms with Gasteiger partial charge in [0.2, 0.25) is 17.6 Å². The fourth-order valence-corrected chi connectivity index (χ4v) is 5.65. The highest BCUT2D eigenvalue weighted by molar-refractivity contribution is 7.79. The monoisotopic (exact) mass is 591 g/mol. The zero-order chi connectivity index (χ0) is 27.9. The molecule has 202 valence electrons. The molecular formula is C27H21Cl2F2N3O4S. The van der Waals surface area contributed by atoms with E-state index in [-0.39, 0.29) is 29.6 Å². The van der Waals surface area contributed by atoms with E-state index in [1.807, 2.05) is 0 Å².